The van der Waals surface area contributed by atoms with Crippen LogP contribution in [0.5, 0.6) is 0 Å². The summed E-state index contributed by atoms with van der Waals surface area (Å²) in [5, 5.41) is 15.9. The molecule has 1 aliphatic heterocycles. The lowest BCUT2D eigenvalue weighted by molar-refractivity contribution is -0.119. The Morgan fingerprint density at radius 3 is 2.81 bits per heavy atom. The van der Waals surface area contributed by atoms with Crippen LogP contribution in [0.2, 0.25) is 0 Å². The molecular weight excluding hydrogens is 410 g/mol. The molecule has 0 spiro atoms. The van der Waals surface area contributed by atoms with Crippen LogP contribution in [-0.4, -0.2) is 49.1 Å². The van der Waals surface area contributed by atoms with Gasteiger partial charge in [0.25, 0.3) is 0 Å². The summed E-state index contributed by atoms with van der Waals surface area (Å²) < 4.78 is 1.82. The number of aromatic amines is 1. The molecule has 0 unspecified atom stereocenters. The van der Waals surface area contributed by atoms with Crippen molar-refractivity contribution in [2.24, 2.45) is 0 Å². The molecule has 2 N–H and O–H groups in total. The van der Waals surface area contributed by atoms with Crippen LogP contribution in [0.25, 0.3) is 27.1 Å². The highest BCUT2D eigenvalue weighted by atomic mass is 32.1. The molecule has 0 aromatic carbocycles. The molecule has 4 aromatic rings. The summed E-state index contributed by atoms with van der Waals surface area (Å²) in [6.45, 7) is 8.05. The van der Waals surface area contributed by atoms with Crippen LogP contribution in [0.15, 0.2) is 18.6 Å². The van der Waals surface area contributed by atoms with Crippen molar-refractivity contribution < 1.29 is 9.90 Å². The van der Waals surface area contributed by atoms with Crippen molar-refractivity contribution in [3.8, 4) is 11.3 Å². The SMILES string of the molecule is Cc1cc(-c2[nH]c3sc(C4CCN(C=O)CC4)c(CO)c3c2C(C)C)cn2ncnc12. The van der Waals surface area contributed by atoms with Gasteiger partial charge in [-0.05, 0) is 48.8 Å². The van der Waals surface area contributed by atoms with Crippen molar-refractivity contribution in [1.29, 1.82) is 0 Å². The fourth-order valence-corrected chi connectivity index (χ4v) is 6.35. The first kappa shape index (κ1) is 20.2. The summed E-state index contributed by atoms with van der Waals surface area (Å²) in [4.78, 5) is 23.3. The van der Waals surface area contributed by atoms with Crippen LogP contribution >= 0.6 is 11.3 Å². The molecule has 4 aromatic heterocycles. The minimum atomic E-state index is 0.0291. The number of nitrogens with zero attached hydrogens (tertiary/aromatic N) is 4. The van der Waals surface area contributed by atoms with Gasteiger partial charge in [-0.3, -0.25) is 4.79 Å². The van der Waals surface area contributed by atoms with E-state index < -0.39 is 0 Å². The molecule has 0 bridgehead atoms. The number of fused-ring (bicyclic) bond motifs is 2. The van der Waals surface area contributed by atoms with Gasteiger partial charge in [-0.15, -0.1) is 11.3 Å². The maximum Gasteiger partial charge on any atom is 0.209 e. The maximum absolute atomic E-state index is 11.1. The molecule has 0 saturated carbocycles. The van der Waals surface area contributed by atoms with Gasteiger partial charge in [0.05, 0.1) is 12.3 Å². The summed E-state index contributed by atoms with van der Waals surface area (Å²) in [6, 6.07) is 2.15. The van der Waals surface area contributed by atoms with E-state index >= 15 is 0 Å². The number of H-pyrrole nitrogens is 1. The molecule has 0 radical (unpaired) electrons. The molecule has 1 saturated heterocycles. The van der Waals surface area contributed by atoms with E-state index in [1.165, 1.54) is 15.8 Å². The minimum absolute atomic E-state index is 0.0291. The van der Waals surface area contributed by atoms with Crippen LogP contribution in [0.1, 0.15) is 60.1 Å². The van der Waals surface area contributed by atoms with Crippen molar-refractivity contribution in [1.82, 2.24) is 24.5 Å². The predicted octanol–water partition coefficient (Wildman–Crippen LogP) is 4.20. The van der Waals surface area contributed by atoms with E-state index in [0.29, 0.717) is 11.8 Å². The van der Waals surface area contributed by atoms with Gasteiger partial charge in [0.2, 0.25) is 6.41 Å². The summed E-state index contributed by atoms with van der Waals surface area (Å²) in [5.41, 5.74) is 6.40. The lowest BCUT2D eigenvalue weighted by Crippen LogP contribution is -2.31. The van der Waals surface area contributed by atoms with E-state index in [-0.39, 0.29) is 6.61 Å². The van der Waals surface area contributed by atoms with Crippen LogP contribution < -0.4 is 0 Å². The number of rotatable bonds is 5. The quantitative estimate of drug-likeness (QED) is 0.458. The predicted molar refractivity (Wildman–Crippen MR) is 123 cm³/mol. The third-order valence-electron chi connectivity index (χ3n) is 6.45. The highest BCUT2D eigenvalue weighted by molar-refractivity contribution is 7.19. The number of hydrogen-bond donors (Lipinski definition) is 2. The van der Waals surface area contributed by atoms with Crippen molar-refractivity contribution in [2.45, 2.75) is 52.1 Å². The number of aliphatic hydroxyl groups excluding tert-OH is 1. The molecule has 0 atom stereocenters. The normalized spacial score (nSPS) is 15.6. The van der Waals surface area contributed by atoms with E-state index in [4.69, 9.17) is 0 Å². The van der Waals surface area contributed by atoms with E-state index in [0.717, 1.165) is 65.2 Å². The first-order valence-corrected chi connectivity index (χ1v) is 11.6. The number of pyridine rings is 1. The van der Waals surface area contributed by atoms with Crippen molar-refractivity contribution >= 4 is 33.6 Å². The van der Waals surface area contributed by atoms with Crippen LogP contribution in [0, 0.1) is 6.92 Å². The topological polar surface area (TPSA) is 86.5 Å². The standard InChI is InChI=1S/C23H27N5O2S/c1-13(2)18-19-17(10-29)21(15-4-6-27(12-30)7-5-15)31-23(19)26-20(18)16-8-14(3)22-24-11-25-28(22)9-16/h8-9,11-13,15,26,29H,4-7,10H2,1-3H3. The van der Waals surface area contributed by atoms with Gasteiger partial charge in [-0.2, -0.15) is 5.10 Å². The Bertz CT molecular complexity index is 1260. The van der Waals surface area contributed by atoms with Crippen molar-refractivity contribution in [3.05, 3.63) is 40.2 Å². The fourth-order valence-electron chi connectivity index (χ4n) is 4.95. The largest absolute Gasteiger partial charge is 0.392 e. The van der Waals surface area contributed by atoms with Gasteiger partial charge in [0.15, 0.2) is 5.65 Å². The van der Waals surface area contributed by atoms with Gasteiger partial charge >= 0.3 is 0 Å². The second-order valence-corrected chi connectivity index (χ2v) is 9.78. The number of thiophene rings is 1. The van der Waals surface area contributed by atoms with Gasteiger partial charge in [0.1, 0.15) is 11.2 Å². The Morgan fingerprint density at radius 2 is 2.13 bits per heavy atom. The molecule has 0 aliphatic carbocycles. The van der Waals surface area contributed by atoms with Gasteiger partial charge in [0, 0.05) is 40.7 Å². The Kier molecular flexibility index (Phi) is 5.06. The van der Waals surface area contributed by atoms with Gasteiger partial charge in [-0.25, -0.2) is 9.50 Å². The third kappa shape index (κ3) is 3.25. The maximum atomic E-state index is 11.1. The summed E-state index contributed by atoms with van der Waals surface area (Å²) in [7, 11) is 0. The molecule has 5 heterocycles. The molecule has 162 valence electrons. The van der Waals surface area contributed by atoms with Crippen LogP contribution in [0.3, 0.4) is 0 Å². The zero-order valence-electron chi connectivity index (χ0n) is 18.1. The number of carbonyl (C=O) groups excluding carboxylic acids is 1. The van der Waals surface area contributed by atoms with Crippen molar-refractivity contribution in [3.63, 3.8) is 0 Å². The zero-order chi connectivity index (χ0) is 21.7. The lowest BCUT2D eigenvalue weighted by Gasteiger charge is -2.29. The number of carbonyl (C=O) groups is 1. The average Bonchev–Trinajstić information content (AvgIpc) is 3.46. The highest BCUT2D eigenvalue weighted by Crippen LogP contribution is 2.46. The molecule has 5 rings (SSSR count). The molecule has 31 heavy (non-hydrogen) atoms. The van der Waals surface area contributed by atoms with Gasteiger partial charge in [-0.1, -0.05) is 13.8 Å². The Balaban J connectivity index is 1.65. The van der Waals surface area contributed by atoms with Crippen molar-refractivity contribution in [2.75, 3.05) is 13.1 Å². The van der Waals surface area contributed by atoms with E-state index in [9.17, 15) is 9.90 Å². The second kappa shape index (κ2) is 7.76. The smallest absolute Gasteiger partial charge is 0.209 e. The minimum Gasteiger partial charge on any atom is -0.392 e. The van der Waals surface area contributed by atoms with Crippen LogP contribution in [-0.2, 0) is 11.4 Å². The van der Waals surface area contributed by atoms with E-state index in [1.54, 1.807) is 17.7 Å². The van der Waals surface area contributed by atoms with E-state index in [1.807, 2.05) is 15.6 Å². The average molecular weight is 438 g/mol. The number of amides is 1. The van der Waals surface area contributed by atoms with E-state index in [2.05, 4.69) is 41.9 Å². The Labute approximate surface area is 184 Å². The number of aromatic nitrogens is 4. The second-order valence-electron chi connectivity index (χ2n) is 8.73. The zero-order valence-corrected chi connectivity index (χ0v) is 18.9. The number of aryl methyl sites for hydroxylation is 1. The Morgan fingerprint density at radius 1 is 1.35 bits per heavy atom. The fraction of sp³-hybridized carbons (Fsp3) is 0.435. The summed E-state index contributed by atoms with van der Waals surface area (Å²) in [6.07, 6.45) is 6.43. The summed E-state index contributed by atoms with van der Waals surface area (Å²) in [5.74, 6) is 0.682. The molecule has 1 aliphatic rings. The molecule has 8 heteroatoms. The first-order valence-electron chi connectivity index (χ1n) is 10.8. The third-order valence-corrected chi connectivity index (χ3v) is 7.76. The molecule has 7 nitrogen and oxygen atoms in total. The molecular formula is C23H27N5O2S. The molecule has 1 fully saturated rings. The number of likely N-dealkylation sites (tertiary alicyclic amines) is 1. The molecule has 1 amide bonds. The number of aliphatic hydroxyl groups is 1. The summed E-state index contributed by atoms with van der Waals surface area (Å²) >= 11 is 1.76. The number of nitrogens with one attached hydrogen (secondary N) is 1. The monoisotopic (exact) mass is 437 g/mol. The first-order chi connectivity index (χ1) is 15.0. The Hall–Kier alpha value is -2.71. The lowest BCUT2D eigenvalue weighted by atomic mass is 9.90. The number of piperidine rings is 1. The van der Waals surface area contributed by atoms with Gasteiger partial charge < -0.3 is 15.0 Å². The number of hydrogen-bond acceptors (Lipinski definition) is 5. The van der Waals surface area contributed by atoms with Crippen LogP contribution in [0.4, 0.5) is 0 Å². The highest BCUT2D eigenvalue weighted by Gasteiger charge is 2.28.